The van der Waals surface area contributed by atoms with E-state index < -0.39 is 53.7 Å². The molecule has 17 nitrogen and oxygen atoms in total. The lowest BCUT2D eigenvalue weighted by atomic mass is 9.85. The summed E-state index contributed by atoms with van der Waals surface area (Å²) in [6, 6.07) is 16.9. The molecular formula is C49H60F3N7O10S. The maximum atomic E-state index is 13.9. The fraction of sp³-hybridized carbons (Fsp3) is 0.469. The van der Waals surface area contributed by atoms with Crippen molar-refractivity contribution in [2.75, 3.05) is 44.8 Å². The highest BCUT2D eigenvalue weighted by molar-refractivity contribution is 7.13. The number of carbonyl (C=O) groups is 5. The smallest absolute Gasteiger partial charge is 0.490 e. The van der Waals surface area contributed by atoms with E-state index in [1.54, 1.807) is 61.9 Å². The standard InChI is InChI=1S/C49H60F3N7O10S/c1-30-42(70-29-55-30)32-7-5-31(6-8-32)26-54-45(63)40-25-36(60)27-59(40)46(64)43(48(2,3)4)58-41(61)28-67-24-23-66-22-21-53-44(62)33-9-15-37(16-10-33)68-38-17-11-34(12-18-38)56-47(65)57-35-13-19-39(20-14-35)69-49(50,51)52/h5-10,13-16,19-20,29,34,36,38,40,43,60H,11-12,17-18,21-28H2,1-4H3,(H,53,62)(H,54,63)(H,58,61)(H2,56,57,65). The molecule has 70 heavy (non-hydrogen) atoms. The third-order valence-electron chi connectivity index (χ3n) is 11.6. The van der Waals surface area contributed by atoms with Crippen molar-refractivity contribution < 1.29 is 61.2 Å². The van der Waals surface area contributed by atoms with Crippen LogP contribution in [0, 0.1) is 12.3 Å². The molecule has 0 bridgehead atoms. The molecule has 1 aliphatic heterocycles. The van der Waals surface area contributed by atoms with Gasteiger partial charge in [-0.05, 0) is 97.7 Å². The molecule has 0 radical (unpaired) electrons. The number of rotatable bonds is 20. The number of anilines is 1. The Morgan fingerprint density at radius 3 is 2.17 bits per heavy atom. The second-order valence-electron chi connectivity index (χ2n) is 18.2. The lowest BCUT2D eigenvalue weighted by molar-refractivity contribution is -0.274. The van der Waals surface area contributed by atoms with Gasteiger partial charge in [0.15, 0.2) is 0 Å². The molecule has 3 aromatic carbocycles. The number of aliphatic hydroxyl groups excluding tert-OH is 1. The molecular weight excluding hydrogens is 936 g/mol. The van der Waals surface area contributed by atoms with Crippen molar-refractivity contribution in [3.63, 3.8) is 0 Å². The number of carbonyl (C=O) groups excluding carboxylic acids is 5. The molecule has 3 unspecified atom stereocenters. The molecule has 21 heteroatoms. The number of likely N-dealkylation sites (tertiary alicyclic amines) is 1. The number of aryl methyl sites for hydroxylation is 1. The monoisotopic (exact) mass is 995 g/mol. The summed E-state index contributed by atoms with van der Waals surface area (Å²) in [5.41, 5.74) is 4.65. The van der Waals surface area contributed by atoms with Crippen LogP contribution in [0.3, 0.4) is 0 Å². The highest BCUT2D eigenvalue weighted by Gasteiger charge is 2.44. The average molecular weight is 996 g/mol. The number of thiazole rings is 1. The quantitative estimate of drug-likeness (QED) is 0.0556. The SMILES string of the molecule is Cc1ncsc1-c1ccc(CNC(=O)C2CC(O)CN2C(=O)C(NC(=O)COCCOCCNC(=O)c2ccc(OC3CCC(NC(=O)Nc4ccc(OC(F)(F)F)cc4)CC3)cc2)C(C)(C)C)cc1. The molecule has 1 saturated carbocycles. The van der Waals surface area contributed by atoms with Gasteiger partial charge in [-0.1, -0.05) is 45.0 Å². The van der Waals surface area contributed by atoms with Crippen LogP contribution in [-0.4, -0.2) is 121 Å². The van der Waals surface area contributed by atoms with E-state index in [-0.39, 0.29) is 76.3 Å². The Balaban J connectivity index is 0.826. The van der Waals surface area contributed by atoms with Gasteiger partial charge >= 0.3 is 12.4 Å². The number of aromatic nitrogens is 1. The minimum Gasteiger partial charge on any atom is -0.490 e. The van der Waals surface area contributed by atoms with Gasteiger partial charge in [0.1, 0.15) is 30.2 Å². The number of amides is 6. The topological polar surface area (TPSA) is 219 Å². The predicted octanol–water partition coefficient (Wildman–Crippen LogP) is 6.10. The van der Waals surface area contributed by atoms with Crippen molar-refractivity contribution in [1.82, 2.24) is 31.2 Å². The van der Waals surface area contributed by atoms with E-state index in [2.05, 4.69) is 36.3 Å². The Morgan fingerprint density at radius 1 is 0.857 bits per heavy atom. The van der Waals surface area contributed by atoms with E-state index in [9.17, 15) is 42.3 Å². The maximum absolute atomic E-state index is 13.9. The molecule has 1 saturated heterocycles. The van der Waals surface area contributed by atoms with Crippen molar-refractivity contribution in [2.24, 2.45) is 5.41 Å². The zero-order chi connectivity index (χ0) is 50.4. The van der Waals surface area contributed by atoms with Gasteiger partial charge < -0.3 is 55.5 Å². The van der Waals surface area contributed by atoms with Gasteiger partial charge in [0.2, 0.25) is 17.7 Å². The summed E-state index contributed by atoms with van der Waals surface area (Å²) in [5, 5.41) is 24.5. The molecule has 3 atom stereocenters. The summed E-state index contributed by atoms with van der Waals surface area (Å²) in [4.78, 5) is 72.2. The lowest BCUT2D eigenvalue weighted by Crippen LogP contribution is -2.58. The van der Waals surface area contributed by atoms with Gasteiger partial charge in [-0.2, -0.15) is 0 Å². The number of ether oxygens (including phenoxy) is 4. The molecule has 2 aliphatic rings. The molecule has 6 N–H and O–H groups in total. The van der Waals surface area contributed by atoms with Gasteiger partial charge in [0, 0.05) is 43.3 Å². The lowest BCUT2D eigenvalue weighted by Gasteiger charge is -2.35. The minimum absolute atomic E-state index is 0.0474. The molecule has 0 spiro atoms. The summed E-state index contributed by atoms with van der Waals surface area (Å²) in [5.74, 6) is -1.51. The number of nitrogens with zero attached hydrogens (tertiary/aromatic N) is 2. The average Bonchev–Trinajstić information content (AvgIpc) is 3.93. The zero-order valence-corrected chi connectivity index (χ0v) is 40.3. The first-order valence-electron chi connectivity index (χ1n) is 23.0. The largest absolute Gasteiger partial charge is 0.573 e. The van der Waals surface area contributed by atoms with Crippen LogP contribution in [-0.2, 0) is 30.4 Å². The first kappa shape index (κ1) is 53.1. The van der Waals surface area contributed by atoms with Gasteiger partial charge in [-0.15, -0.1) is 24.5 Å². The first-order valence-corrected chi connectivity index (χ1v) is 23.9. The van der Waals surface area contributed by atoms with E-state index in [1.165, 1.54) is 17.0 Å². The third-order valence-corrected chi connectivity index (χ3v) is 12.6. The van der Waals surface area contributed by atoms with Crippen LogP contribution in [0.1, 0.15) is 74.5 Å². The van der Waals surface area contributed by atoms with Crippen LogP contribution in [0.4, 0.5) is 23.7 Å². The molecule has 4 aromatic rings. The summed E-state index contributed by atoms with van der Waals surface area (Å²) >= 11 is 1.56. The van der Waals surface area contributed by atoms with Crippen molar-refractivity contribution in [3.05, 3.63) is 95.1 Å². The molecule has 2 heterocycles. The Kier molecular flexibility index (Phi) is 18.6. The zero-order valence-electron chi connectivity index (χ0n) is 39.4. The molecule has 2 fully saturated rings. The van der Waals surface area contributed by atoms with Crippen LogP contribution >= 0.6 is 11.3 Å². The van der Waals surface area contributed by atoms with Crippen LogP contribution in [0.15, 0.2) is 78.3 Å². The number of halogens is 3. The second-order valence-corrected chi connectivity index (χ2v) is 19.0. The highest BCUT2D eigenvalue weighted by Crippen LogP contribution is 2.30. The van der Waals surface area contributed by atoms with Crippen LogP contribution in [0.25, 0.3) is 10.4 Å². The van der Waals surface area contributed by atoms with Gasteiger partial charge in [0.05, 0.1) is 48.1 Å². The molecule has 6 rings (SSSR count). The van der Waals surface area contributed by atoms with Crippen LogP contribution in [0.5, 0.6) is 11.5 Å². The summed E-state index contributed by atoms with van der Waals surface area (Å²) in [6.45, 7) is 7.81. The Hall–Kier alpha value is -6.29. The fourth-order valence-electron chi connectivity index (χ4n) is 8.00. The third kappa shape index (κ3) is 16.1. The van der Waals surface area contributed by atoms with Crippen LogP contribution < -0.4 is 36.1 Å². The molecule has 6 amide bonds. The number of urea groups is 1. The summed E-state index contributed by atoms with van der Waals surface area (Å²) in [6.07, 6.45) is -3.06. The van der Waals surface area contributed by atoms with Crippen molar-refractivity contribution in [3.8, 4) is 21.9 Å². The van der Waals surface area contributed by atoms with Crippen molar-refractivity contribution >= 4 is 46.7 Å². The predicted molar refractivity (Wildman–Crippen MR) is 254 cm³/mol. The number of nitrogens with one attached hydrogen (secondary N) is 5. The number of alkyl halides is 3. The van der Waals surface area contributed by atoms with Crippen molar-refractivity contribution in [2.45, 2.75) is 103 Å². The van der Waals surface area contributed by atoms with Gasteiger partial charge in [0.25, 0.3) is 5.91 Å². The van der Waals surface area contributed by atoms with Crippen LogP contribution in [0.2, 0.25) is 0 Å². The molecule has 1 aliphatic carbocycles. The first-order chi connectivity index (χ1) is 33.3. The van der Waals surface area contributed by atoms with Gasteiger partial charge in [-0.3, -0.25) is 19.2 Å². The van der Waals surface area contributed by atoms with E-state index in [1.807, 2.05) is 31.2 Å². The second kappa shape index (κ2) is 24.5. The highest BCUT2D eigenvalue weighted by atomic mass is 32.1. The number of hydrogen-bond donors (Lipinski definition) is 6. The molecule has 378 valence electrons. The summed E-state index contributed by atoms with van der Waals surface area (Å²) < 4.78 is 58.2. The number of hydrogen-bond acceptors (Lipinski definition) is 12. The number of β-amino-alcohol motifs (C(OH)–C–C–N with tert-alkyl or cyclic N) is 1. The van der Waals surface area contributed by atoms with E-state index >= 15 is 0 Å². The maximum Gasteiger partial charge on any atom is 0.573 e. The normalized spacial score (nSPS) is 18.6. The van der Waals surface area contributed by atoms with E-state index in [4.69, 9.17) is 14.2 Å². The Labute approximate surface area is 408 Å². The van der Waals surface area contributed by atoms with E-state index in [0.29, 0.717) is 42.7 Å². The Bertz CT molecular complexity index is 2370. The number of aliphatic hydroxyl groups is 1. The number of benzene rings is 3. The Morgan fingerprint density at radius 2 is 1.53 bits per heavy atom. The summed E-state index contributed by atoms with van der Waals surface area (Å²) in [7, 11) is 0. The minimum atomic E-state index is -4.80. The van der Waals surface area contributed by atoms with E-state index in [0.717, 1.165) is 33.8 Å². The molecule has 1 aromatic heterocycles. The fourth-order valence-corrected chi connectivity index (χ4v) is 8.81. The van der Waals surface area contributed by atoms with Gasteiger partial charge in [-0.25, -0.2) is 9.78 Å². The van der Waals surface area contributed by atoms with Crippen molar-refractivity contribution in [1.29, 1.82) is 0 Å².